The molecule has 1 heterocycles. The maximum atomic E-state index is 11.4. The predicted octanol–water partition coefficient (Wildman–Crippen LogP) is 3.70. The summed E-state index contributed by atoms with van der Waals surface area (Å²) in [5.74, 6) is 1.63. The topological polar surface area (TPSA) is 97.9 Å². The van der Waals surface area contributed by atoms with Crippen LogP contribution in [0.1, 0.15) is 0 Å². The quantitative estimate of drug-likeness (QED) is 0.441. The Bertz CT molecular complexity index is 1040. The van der Waals surface area contributed by atoms with Gasteiger partial charge in [-0.25, -0.2) is 4.98 Å². The van der Waals surface area contributed by atoms with Gasteiger partial charge in [0.05, 0.1) is 51.1 Å². The molecule has 2 aromatic carbocycles. The molecule has 3 aromatic rings. The Labute approximate surface area is 167 Å². The molecular weight excluding hydrogens is 378 g/mol. The van der Waals surface area contributed by atoms with Crippen LogP contribution >= 0.6 is 0 Å². The molecule has 0 aliphatic rings. The number of hydrogen-bond acceptors (Lipinski definition) is 7. The minimum Gasteiger partial charge on any atom is -0.493 e. The van der Waals surface area contributed by atoms with Crippen LogP contribution in [0.3, 0.4) is 0 Å². The number of methoxy groups -OCH3 is 4. The molecule has 0 amide bonds. The summed E-state index contributed by atoms with van der Waals surface area (Å²) < 4.78 is 23.1. The Morgan fingerprint density at radius 1 is 0.897 bits per heavy atom. The van der Waals surface area contributed by atoms with Gasteiger partial charge in [-0.1, -0.05) is 0 Å². The van der Waals surface area contributed by atoms with Crippen molar-refractivity contribution in [3.05, 3.63) is 46.8 Å². The Hall–Kier alpha value is -3.75. The fourth-order valence-electron chi connectivity index (χ4n) is 3.18. The summed E-state index contributed by atoms with van der Waals surface area (Å²) in [7, 11) is 7.82. The fourth-order valence-corrected chi connectivity index (χ4v) is 3.18. The number of rotatable bonds is 7. The third kappa shape index (κ3) is 3.54. The standard InChI is InChI=1S/C20H21N3O6/c1-22-11-21-18(13-9-16(27-3)20(29-5)17(10-13)28-4)19(22)12-6-7-15(26-2)14(8-12)23(24)25/h6-11H,1-5H3. The summed E-state index contributed by atoms with van der Waals surface area (Å²) in [6.07, 6.45) is 1.64. The number of nitro groups is 1. The molecule has 29 heavy (non-hydrogen) atoms. The van der Waals surface area contributed by atoms with Crippen LogP contribution < -0.4 is 18.9 Å². The highest BCUT2D eigenvalue weighted by Gasteiger charge is 2.22. The minimum atomic E-state index is -0.474. The molecule has 0 radical (unpaired) electrons. The number of imidazole rings is 1. The summed E-state index contributed by atoms with van der Waals surface area (Å²) in [5.41, 5.74) is 2.54. The van der Waals surface area contributed by atoms with E-state index in [1.54, 1.807) is 35.2 Å². The van der Waals surface area contributed by atoms with Crippen LogP contribution in [0.2, 0.25) is 0 Å². The number of hydrogen-bond donors (Lipinski definition) is 0. The van der Waals surface area contributed by atoms with E-state index in [-0.39, 0.29) is 11.4 Å². The number of aryl methyl sites for hydroxylation is 1. The Morgan fingerprint density at radius 3 is 2.03 bits per heavy atom. The lowest BCUT2D eigenvalue weighted by Gasteiger charge is -2.14. The molecule has 9 heteroatoms. The number of ether oxygens (including phenoxy) is 4. The number of nitro benzene ring substituents is 1. The van der Waals surface area contributed by atoms with E-state index in [0.717, 1.165) is 0 Å². The zero-order valence-corrected chi connectivity index (χ0v) is 16.8. The SMILES string of the molecule is COc1ccc(-c2c(-c3cc(OC)c(OC)c(OC)c3)ncn2C)cc1[N+](=O)[O-]. The molecule has 0 spiro atoms. The highest BCUT2D eigenvalue weighted by Crippen LogP contribution is 2.43. The van der Waals surface area contributed by atoms with Crippen LogP contribution in [-0.4, -0.2) is 42.9 Å². The first-order valence-electron chi connectivity index (χ1n) is 8.59. The number of nitrogens with zero attached hydrogens (tertiary/aromatic N) is 3. The summed E-state index contributed by atoms with van der Waals surface area (Å²) in [6.45, 7) is 0. The Kier molecular flexibility index (Phi) is 5.58. The van der Waals surface area contributed by atoms with Gasteiger partial charge in [0.25, 0.3) is 0 Å². The molecule has 9 nitrogen and oxygen atoms in total. The lowest BCUT2D eigenvalue weighted by molar-refractivity contribution is -0.385. The van der Waals surface area contributed by atoms with Gasteiger partial charge in [-0.15, -0.1) is 0 Å². The molecule has 152 valence electrons. The average molecular weight is 399 g/mol. The number of aromatic nitrogens is 2. The van der Waals surface area contributed by atoms with E-state index in [9.17, 15) is 10.1 Å². The van der Waals surface area contributed by atoms with Crippen molar-refractivity contribution in [2.75, 3.05) is 28.4 Å². The lowest BCUT2D eigenvalue weighted by atomic mass is 10.0. The molecule has 0 aliphatic carbocycles. The molecule has 0 bridgehead atoms. The summed E-state index contributed by atoms with van der Waals surface area (Å²) in [4.78, 5) is 15.5. The first-order valence-corrected chi connectivity index (χ1v) is 8.59. The Morgan fingerprint density at radius 2 is 1.52 bits per heavy atom. The highest BCUT2D eigenvalue weighted by molar-refractivity contribution is 5.82. The van der Waals surface area contributed by atoms with E-state index in [2.05, 4.69) is 4.98 Å². The van der Waals surface area contributed by atoms with E-state index in [4.69, 9.17) is 18.9 Å². The van der Waals surface area contributed by atoms with E-state index >= 15 is 0 Å². The first kappa shape index (κ1) is 20.0. The van der Waals surface area contributed by atoms with Gasteiger partial charge in [0.15, 0.2) is 17.2 Å². The van der Waals surface area contributed by atoms with Crippen molar-refractivity contribution < 1.29 is 23.9 Å². The molecule has 0 unspecified atom stereocenters. The van der Waals surface area contributed by atoms with Crippen molar-refractivity contribution in [2.24, 2.45) is 7.05 Å². The van der Waals surface area contributed by atoms with Gasteiger partial charge >= 0.3 is 5.69 Å². The van der Waals surface area contributed by atoms with Crippen molar-refractivity contribution in [3.8, 4) is 45.5 Å². The molecule has 0 fully saturated rings. The molecule has 0 atom stereocenters. The van der Waals surface area contributed by atoms with Gasteiger partial charge in [0, 0.05) is 24.2 Å². The highest BCUT2D eigenvalue weighted by atomic mass is 16.6. The molecule has 0 N–H and O–H groups in total. The van der Waals surface area contributed by atoms with Crippen LogP contribution in [0.4, 0.5) is 5.69 Å². The van der Waals surface area contributed by atoms with Gasteiger partial charge in [0.1, 0.15) is 0 Å². The molecule has 0 aliphatic heterocycles. The second-order valence-electron chi connectivity index (χ2n) is 6.11. The zero-order valence-electron chi connectivity index (χ0n) is 16.8. The molecule has 0 saturated carbocycles. The molecule has 0 saturated heterocycles. The van der Waals surface area contributed by atoms with Crippen molar-refractivity contribution >= 4 is 5.69 Å². The van der Waals surface area contributed by atoms with Gasteiger partial charge in [0.2, 0.25) is 5.75 Å². The summed E-state index contributed by atoms with van der Waals surface area (Å²) in [5, 5.41) is 11.4. The van der Waals surface area contributed by atoms with Gasteiger partial charge in [-0.3, -0.25) is 10.1 Å². The van der Waals surface area contributed by atoms with Crippen molar-refractivity contribution in [2.45, 2.75) is 0 Å². The van der Waals surface area contributed by atoms with Crippen molar-refractivity contribution in [1.82, 2.24) is 9.55 Å². The predicted molar refractivity (Wildman–Crippen MR) is 107 cm³/mol. The maximum absolute atomic E-state index is 11.4. The van der Waals surface area contributed by atoms with Crippen LogP contribution in [0.5, 0.6) is 23.0 Å². The summed E-state index contributed by atoms with van der Waals surface area (Å²) in [6, 6.07) is 8.36. The van der Waals surface area contributed by atoms with Crippen LogP contribution in [-0.2, 0) is 7.05 Å². The van der Waals surface area contributed by atoms with Crippen LogP contribution in [0, 0.1) is 10.1 Å². The van der Waals surface area contributed by atoms with Crippen molar-refractivity contribution in [3.63, 3.8) is 0 Å². The monoisotopic (exact) mass is 399 g/mol. The van der Waals surface area contributed by atoms with Crippen LogP contribution in [0.15, 0.2) is 36.7 Å². The van der Waals surface area contributed by atoms with Crippen molar-refractivity contribution in [1.29, 1.82) is 0 Å². The van der Waals surface area contributed by atoms with Gasteiger partial charge in [-0.2, -0.15) is 0 Å². The second-order valence-corrected chi connectivity index (χ2v) is 6.11. The molecular formula is C20H21N3O6. The van der Waals surface area contributed by atoms with Gasteiger partial charge in [-0.05, 0) is 24.3 Å². The summed E-state index contributed by atoms with van der Waals surface area (Å²) >= 11 is 0. The minimum absolute atomic E-state index is 0.123. The Balaban J connectivity index is 2.22. The lowest BCUT2D eigenvalue weighted by Crippen LogP contribution is -1.98. The normalized spacial score (nSPS) is 10.5. The number of benzene rings is 2. The maximum Gasteiger partial charge on any atom is 0.311 e. The van der Waals surface area contributed by atoms with E-state index in [1.807, 2.05) is 7.05 Å². The average Bonchev–Trinajstić information content (AvgIpc) is 3.13. The second kappa shape index (κ2) is 8.09. The van der Waals surface area contributed by atoms with E-state index in [1.165, 1.54) is 34.5 Å². The smallest absolute Gasteiger partial charge is 0.311 e. The van der Waals surface area contributed by atoms with Gasteiger partial charge < -0.3 is 23.5 Å². The third-order valence-corrected chi connectivity index (χ3v) is 4.52. The third-order valence-electron chi connectivity index (χ3n) is 4.52. The first-order chi connectivity index (χ1) is 13.9. The largest absolute Gasteiger partial charge is 0.493 e. The molecule has 1 aromatic heterocycles. The van der Waals surface area contributed by atoms with E-state index in [0.29, 0.717) is 39.8 Å². The van der Waals surface area contributed by atoms with Crippen LogP contribution in [0.25, 0.3) is 22.5 Å². The molecule has 3 rings (SSSR count). The fraction of sp³-hybridized carbons (Fsp3) is 0.250. The van der Waals surface area contributed by atoms with E-state index < -0.39 is 4.92 Å². The zero-order chi connectivity index (χ0) is 21.1.